The standard InChI is InChI=1S/C29H38N4O7/c1-6-13-39-23(34)17-30-27(37)29(16-21(29)20-11-9-8-10-12-20)32-25(35)24-19(5)33(24)26(36)22(15-18(3)4)31-28(38)40-14-7-2/h6-12,18-19,21-22,24H,1-2,13-17H2,3-5H3,(H,30,37)(H,31,38)(H,32,35)/t19-,21?,22-,24-,29?,33?/m0/s1. The fraction of sp³-hybridized carbons (Fsp3) is 0.483. The molecule has 0 spiro atoms. The first-order chi connectivity index (χ1) is 19.0. The summed E-state index contributed by atoms with van der Waals surface area (Å²) in [5.41, 5.74) is -0.415. The molecule has 4 amide bonds. The minimum atomic E-state index is -1.28. The first-order valence-electron chi connectivity index (χ1n) is 13.3. The minimum Gasteiger partial charge on any atom is -0.460 e. The van der Waals surface area contributed by atoms with E-state index >= 15 is 0 Å². The molecule has 5 atom stereocenters. The highest BCUT2D eigenvalue weighted by Crippen LogP contribution is 2.52. The van der Waals surface area contributed by atoms with E-state index in [2.05, 4.69) is 29.1 Å². The van der Waals surface area contributed by atoms with E-state index in [1.807, 2.05) is 44.2 Å². The molecule has 1 saturated heterocycles. The van der Waals surface area contributed by atoms with Crippen LogP contribution in [0, 0.1) is 5.92 Å². The topological polar surface area (TPSA) is 143 Å². The minimum absolute atomic E-state index is 0.00171. The molecule has 3 N–H and O–H groups in total. The Morgan fingerprint density at radius 1 is 1.07 bits per heavy atom. The third-order valence-electron chi connectivity index (χ3n) is 6.93. The number of carbonyl (C=O) groups is 5. The van der Waals surface area contributed by atoms with Gasteiger partial charge in [-0.05, 0) is 31.2 Å². The van der Waals surface area contributed by atoms with Gasteiger partial charge in [0.2, 0.25) is 17.7 Å². The molecule has 1 heterocycles. The van der Waals surface area contributed by atoms with Crippen molar-refractivity contribution < 1.29 is 33.4 Å². The number of nitrogens with one attached hydrogen (secondary N) is 3. The number of hydrogen-bond acceptors (Lipinski definition) is 7. The highest BCUT2D eigenvalue weighted by atomic mass is 16.5. The molecule has 2 aliphatic rings. The molecule has 216 valence electrons. The monoisotopic (exact) mass is 554 g/mol. The van der Waals surface area contributed by atoms with Gasteiger partial charge in [0.15, 0.2) is 0 Å². The number of nitrogens with zero attached hydrogens (tertiary/aromatic N) is 1. The number of benzene rings is 1. The summed E-state index contributed by atoms with van der Waals surface area (Å²) in [5, 5.41) is 8.03. The van der Waals surface area contributed by atoms with Crippen LogP contribution in [0.1, 0.15) is 45.1 Å². The number of hydrogen-bond donors (Lipinski definition) is 3. The number of ether oxygens (including phenoxy) is 2. The summed E-state index contributed by atoms with van der Waals surface area (Å²) in [5.74, 6) is -2.26. The van der Waals surface area contributed by atoms with Gasteiger partial charge in [0, 0.05) is 5.92 Å². The smallest absolute Gasteiger partial charge is 0.408 e. The largest absolute Gasteiger partial charge is 0.460 e. The van der Waals surface area contributed by atoms with E-state index in [4.69, 9.17) is 9.47 Å². The average molecular weight is 555 g/mol. The van der Waals surface area contributed by atoms with E-state index in [0.717, 1.165) is 5.56 Å². The van der Waals surface area contributed by atoms with Gasteiger partial charge in [-0.2, -0.15) is 0 Å². The van der Waals surface area contributed by atoms with Gasteiger partial charge in [-0.3, -0.25) is 19.2 Å². The summed E-state index contributed by atoms with van der Waals surface area (Å²) < 4.78 is 9.89. The van der Waals surface area contributed by atoms with E-state index < -0.39 is 53.4 Å². The van der Waals surface area contributed by atoms with Crippen molar-refractivity contribution in [1.29, 1.82) is 0 Å². The Morgan fingerprint density at radius 2 is 1.73 bits per heavy atom. The molecule has 11 heteroatoms. The van der Waals surface area contributed by atoms with Crippen LogP contribution in [0.2, 0.25) is 0 Å². The molecule has 1 aliphatic heterocycles. The summed E-state index contributed by atoms with van der Waals surface area (Å²) >= 11 is 0. The van der Waals surface area contributed by atoms with Crippen LogP contribution in [0.15, 0.2) is 55.6 Å². The number of alkyl carbamates (subject to hydrolysis) is 1. The Bertz CT molecular complexity index is 1140. The quantitative estimate of drug-likeness (QED) is 0.181. The molecule has 0 radical (unpaired) electrons. The molecule has 1 aromatic carbocycles. The van der Waals surface area contributed by atoms with Crippen LogP contribution >= 0.6 is 0 Å². The lowest BCUT2D eigenvalue weighted by Gasteiger charge is -2.21. The molecule has 1 aliphatic carbocycles. The zero-order chi connectivity index (χ0) is 29.4. The molecule has 40 heavy (non-hydrogen) atoms. The lowest BCUT2D eigenvalue weighted by molar-refractivity contribution is -0.143. The second kappa shape index (κ2) is 13.3. The van der Waals surface area contributed by atoms with Crippen molar-refractivity contribution in [3.63, 3.8) is 0 Å². The predicted molar refractivity (Wildman–Crippen MR) is 147 cm³/mol. The van der Waals surface area contributed by atoms with Gasteiger partial charge in [0.25, 0.3) is 0 Å². The Morgan fingerprint density at radius 3 is 2.35 bits per heavy atom. The molecule has 2 fully saturated rings. The van der Waals surface area contributed by atoms with Crippen molar-refractivity contribution in [2.24, 2.45) is 5.92 Å². The summed E-state index contributed by atoms with van der Waals surface area (Å²) in [6, 6.07) is 7.15. The first kappa shape index (κ1) is 30.4. The summed E-state index contributed by atoms with van der Waals surface area (Å²) in [4.78, 5) is 65.6. The van der Waals surface area contributed by atoms with Crippen molar-refractivity contribution >= 4 is 29.8 Å². The van der Waals surface area contributed by atoms with E-state index in [9.17, 15) is 24.0 Å². The van der Waals surface area contributed by atoms with Crippen LogP contribution < -0.4 is 16.0 Å². The van der Waals surface area contributed by atoms with Gasteiger partial charge in [-0.15, -0.1) is 0 Å². The zero-order valence-electron chi connectivity index (χ0n) is 23.2. The third kappa shape index (κ3) is 7.28. The highest BCUT2D eigenvalue weighted by molar-refractivity contribution is 6.02. The van der Waals surface area contributed by atoms with Gasteiger partial charge < -0.3 is 30.3 Å². The number of amides is 4. The van der Waals surface area contributed by atoms with Crippen LogP contribution in [-0.2, 0) is 28.7 Å². The molecule has 1 aromatic rings. The summed E-state index contributed by atoms with van der Waals surface area (Å²) in [7, 11) is 0. The van der Waals surface area contributed by atoms with Crippen LogP contribution in [0.5, 0.6) is 0 Å². The maximum absolute atomic E-state index is 13.4. The maximum atomic E-state index is 13.4. The van der Waals surface area contributed by atoms with Crippen LogP contribution in [0.25, 0.3) is 0 Å². The number of esters is 1. The van der Waals surface area contributed by atoms with E-state index in [1.54, 1.807) is 6.92 Å². The van der Waals surface area contributed by atoms with Gasteiger partial charge in [0.1, 0.15) is 37.4 Å². The van der Waals surface area contributed by atoms with Gasteiger partial charge in [-0.1, -0.05) is 69.5 Å². The van der Waals surface area contributed by atoms with E-state index in [-0.39, 0.29) is 31.6 Å². The Hall–Kier alpha value is -4.15. The fourth-order valence-corrected chi connectivity index (χ4v) is 4.83. The van der Waals surface area contributed by atoms with E-state index in [0.29, 0.717) is 12.8 Å². The number of rotatable bonds is 14. The number of carbonyl (C=O) groups excluding carboxylic acids is 5. The molecular weight excluding hydrogens is 516 g/mol. The zero-order valence-corrected chi connectivity index (χ0v) is 23.2. The van der Waals surface area contributed by atoms with Gasteiger partial charge >= 0.3 is 12.1 Å². The average Bonchev–Trinajstić information content (AvgIpc) is 3.83. The Balaban J connectivity index is 1.71. The normalized spacial score (nSPS) is 23.3. The van der Waals surface area contributed by atoms with Crippen molar-refractivity contribution in [3.05, 3.63) is 61.2 Å². The van der Waals surface area contributed by atoms with E-state index in [1.165, 1.54) is 17.1 Å². The second-order valence-corrected chi connectivity index (χ2v) is 10.4. The van der Waals surface area contributed by atoms with Crippen molar-refractivity contribution in [3.8, 4) is 0 Å². The second-order valence-electron chi connectivity index (χ2n) is 10.4. The first-order valence-corrected chi connectivity index (χ1v) is 13.3. The molecule has 0 bridgehead atoms. The summed E-state index contributed by atoms with van der Waals surface area (Å²) in [6.45, 7) is 12.2. The molecular formula is C29H38N4O7. The van der Waals surface area contributed by atoms with Crippen molar-refractivity contribution in [1.82, 2.24) is 20.9 Å². The lowest BCUT2D eigenvalue weighted by atomic mass is 10.0. The molecule has 2 unspecified atom stereocenters. The van der Waals surface area contributed by atoms with Gasteiger partial charge in [-0.25, -0.2) is 4.79 Å². The van der Waals surface area contributed by atoms with Crippen LogP contribution in [0.3, 0.4) is 0 Å². The summed E-state index contributed by atoms with van der Waals surface area (Å²) in [6.07, 6.45) is 2.77. The predicted octanol–water partition coefficient (Wildman–Crippen LogP) is 1.80. The Kier molecular flexibility index (Phi) is 10.1. The molecule has 11 nitrogen and oxygen atoms in total. The van der Waals surface area contributed by atoms with Crippen molar-refractivity contribution in [2.45, 2.75) is 63.2 Å². The highest BCUT2D eigenvalue weighted by Gasteiger charge is 2.64. The van der Waals surface area contributed by atoms with Crippen LogP contribution in [0.4, 0.5) is 4.79 Å². The SMILES string of the molecule is C=CCOC(=O)CNC(=O)C1(NC(=O)[C@@H]2[C@H](C)N2C(=O)[C@H](CC(C)C)NC(=O)OCC=C)CC1c1ccccc1. The maximum Gasteiger partial charge on any atom is 0.408 e. The van der Waals surface area contributed by atoms with Crippen LogP contribution in [-0.4, -0.2) is 78.1 Å². The lowest BCUT2D eigenvalue weighted by Crippen LogP contribution is -2.53. The molecule has 0 aromatic heterocycles. The fourth-order valence-electron chi connectivity index (χ4n) is 4.83. The Labute approximate surface area is 234 Å². The van der Waals surface area contributed by atoms with Gasteiger partial charge in [0.05, 0.1) is 6.04 Å². The van der Waals surface area contributed by atoms with Crippen molar-refractivity contribution in [2.75, 3.05) is 19.8 Å². The third-order valence-corrected chi connectivity index (χ3v) is 6.93. The molecule has 3 rings (SSSR count). The molecule has 1 saturated carbocycles.